The van der Waals surface area contributed by atoms with Crippen LogP contribution >= 0.6 is 12.9 Å². The Bertz CT molecular complexity index is 157. The van der Waals surface area contributed by atoms with Crippen molar-refractivity contribution in [1.29, 1.82) is 0 Å². The van der Waals surface area contributed by atoms with Crippen LogP contribution in [0, 0.1) is 11.8 Å². The Kier molecular flexibility index (Phi) is 2.39. The molecule has 0 aromatic carbocycles. The molecule has 0 heterocycles. The molecule has 12 heavy (non-hydrogen) atoms. The van der Waals surface area contributed by atoms with Gasteiger partial charge in [0.2, 0.25) is 0 Å². The summed E-state index contributed by atoms with van der Waals surface area (Å²) in [7, 11) is 0. The minimum Gasteiger partial charge on any atom is -0.312 e. The molecule has 0 aromatic heterocycles. The average Bonchev–Trinajstić information content (AvgIpc) is 2.03. The molecule has 2 fully saturated rings. The third kappa shape index (κ3) is 1.64. The number of rotatable bonds is 1. The zero-order valence-corrected chi connectivity index (χ0v) is 8.65. The predicted octanol–water partition coefficient (Wildman–Crippen LogP) is 3.21. The second-order valence-corrected chi connectivity index (χ2v) is 5.03. The van der Waals surface area contributed by atoms with E-state index in [4.69, 9.17) is 4.18 Å². The molecule has 0 aromatic rings. The summed E-state index contributed by atoms with van der Waals surface area (Å²) >= 11 is 3.99. The van der Waals surface area contributed by atoms with Gasteiger partial charge in [0, 0.05) is 0 Å². The standard InChI is InChI=1S/C10H18OS/c1-10(11-12)6-8-3-2-4-9(5-8)7-10/h8-9,12H,2-7H2,1H3. The van der Waals surface area contributed by atoms with Gasteiger partial charge in [-0.1, -0.05) is 19.3 Å². The van der Waals surface area contributed by atoms with Crippen molar-refractivity contribution in [1.82, 2.24) is 0 Å². The molecule has 2 bridgehead atoms. The van der Waals surface area contributed by atoms with Gasteiger partial charge in [0.1, 0.15) is 0 Å². The normalized spacial score (nSPS) is 47.5. The molecule has 0 spiro atoms. The van der Waals surface area contributed by atoms with Crippen molar-refractivity contribution >= 4 is 12.9 Å². The first-order valence-corrected chi connectivity index (χ1v) is 5.41. The maximum absolute atomic E-state index is 5.31. The average molecular weight is 186 g/mol. The van der Waals surface area contributed by atoms with E-state index in [0.29, 0.717) is 0 Å². The zero-order valence-electron chi connectivity index (χ0n) is 7.75. The number of hydrogen-bond donors (Lipinski definition) is 1. The van der Waals surface area contributed by atoms with E-state index in [2.05, 4.69) is 19.8 Å². The van der Waals surface area contributed by atoms with Crippen molar-refractivity contribution < 1.29 is 4.18 Å². The molecule has 2 atom stereocenters. The Balaban J connectivity index is 2.05. The molecular formula is C10H18OS. The monoisotopic (exact) mass is 186 g/mol. The van der Waals surface area contributed by atoms with Crippen LogP contribution in [0.1, 0.15) is 45.4 Å². The summed E-state index contributed by atoms with van der Waals surface area (Å²) in [6, 6.07) is 0. The van der Waals surface area contributed by atoms with Gasteiger partial charge in [0.15, 0.2) is 0 Å². The fraction of sp³-hybridized carbons (Fsp3) is 1.00. The summed E-state index contributed by atoms with van der Waals surface area (Å²) in [6.45, 7) is 2.21. The van der Waals surface area contributed by atoms with Crippen LogP contribution in [-0.2, 0) is 4.18 Å². The van der Waals surface area contributed by atoms with Gasteiger partial charge in [0.05, 0.1) is 5.60 Å². The van der Waals surface area contributed by atoms with Crippen molar-refractivity contribution in [3.63, 3.8) is 0 Å². The SMILES string of the molecule is CC1(OS)CC2CCCC(C2)C1. The summed E-state index contributed by atoms with van der Waals surface area (Å²) in [6.07, 6.45) is 8.19. The van der Waals surface area contributed by atoms with Gasteiger partial charge in [0.25, 0.3) is 0 Å². The molecule has 70 valence electrons. The topological polar surface area (TPSA) is 9.23 Å². The van der Waals surface area contributed by atoms with Crippen LogP contribution in [-0.4, -0.2) is 5.60 Å². The van der Waals surface area contributed by atoms with Gasteiger partial charge >= 0.3 is 0 Å². The van der Waals surface area contributed by atoms with Crippen LogP contribution in [0.5, 0.6) is 0 Å². The summed E-state index contributed by atoms with van der Waals surface area (Å²) in [5.41, 5.74) is 0.0805. The summed E-state index contributed by atoms with van der Waals surface area (Å²) in [4.78, 5) is 0. The Hall–Kier alpha value is 0.310. The Morgan fingerprint density at radius 1 is 1.25 bits per heavy atom. The Labute approximate surface area is 80.5 Å². The minimum atomic E-state index is 0.0805. The molecule has 2 aliphatic carbocycles. The smallest absolute Gasteiger partial charge is 0.0803 e. The summed E-state index contributed by atoms with van der Waals surface area (Å²) < 4.78 is 5.31. The fourth-order valence-corrected chi connectivity index (χ4v) is 3.30. The van der Waals surface area contributed by atoms with E-state index in [9.17, 15) is 0 Å². The molecular weight excluding hydrogens is 168 g/mol. The van der Waals surface area contributed by atoms with E-state index in [1.54, 1.807) is 0 Å². The van der Waals surface area contributed by atoms with Crippen LogP contribution < -0.4 is 0 Å². The van der Waals surface area contributed by atoms with Gasteiger partial charge in [-0.15, -0.1) is 0 Å². The number of hydrogen-bond acceptors (Lipinski definition) is 2. The first-order chi connectivity index (χ1) is 5.72. The Morgan fingerprint density at radius 2 is 1.83 bits per heavy atom. The van der Waals surface area contributed by atoms with E-state index >= 15 is 0 Å². The molecule has 2 aliphatic rings. The van der Waals surface area contributed by atoms with Crippen LogP contribution in [0.15, 0.2) is 0 Å². The second kappa shape index (κ2) is 3.22. The van der Waals surface area contributed by atoms with Crippen LogP contribution in [0.25, 0.3) is 0 Å². The number of fused-ring (bicyclic) bond motifs is 2. The molecule has 0 aliphatic heterocycles. The maximum atomic E-state index is 5.31. The van der Waals surface area contributed by atoms with Crippen molar-refractivity contribution in [2.24, 2.45) is 11.8 Å². The molecule has 0 amide bonds. The molecule has 2 saturated carbocycles. The van der Waals surface area contributed by atoms with Gasteiger partial charge in [-0.2, -0.15) is 0 Å². The van der Waals surface area contributed by atoms with Crippen molar-refractivity contribution in [3.05, 3.63) is 0 Å². The molecule has 0 N–H and O–H groups in total. The van der Waals surface area contributed by atoms with E-state index in [-0.39, 0.29) is 5.60 Å². The van der Waals surface area contributed by atoms with Gasteiger partial charge in [-0.25, -0.2) is 0 Å². The lowest BCUT2D eigenvalue weighted by atomic mass is 9.67. The lowest BCUT2D eigenvalue weighted by molar-refractivity contribution is -0.000558. The summed E-state index contributed by atoms with van der Waals surface area (Å²) in [5.74, 6) is 1.85. The fourth-order valence-electron chi connectivity index (χ4n) is 3.15. The first kappa shape index (κ1) is 8.89. The highest BCUT2D eigenvalue weighted by molar-refractivity contribution is 7.75. The molecule has 2 heteroatoms. The highest BCUT2D eigenvalue weighted by Crippen LogP contribution is 2.46. The third-order valence-electron chi connectivity index (χ3n) is 3.55. The minimum absolute atomic E-state index is 0.0805. The van der Waals surface area contributed by atoms with E-state index in [1.807, 2.05) is 0 Å². The largest absolute Gasteiger partial charge is 0.312 e. The first-order valence-electron chi connectivity index (χ1n) is 5.04. The molecule has 0 radical (unpaired) electrons. The van der Waals surface area contributed by atoms with Gasteiger partial charge < -0.3 is 4.18 Å². The van der Waals surface area contributed by atoms with Crippen LogP contribution in [0.2, 0.25) is 0 Å². The van der Waals surface area contributed by atoms with Crippen molar-refractivity contribution in [2.45, 2.75) is 51.0 Å². The number of thiol groups is 1. The van der Waals surface area contributed by atoms with Gasteiger partial charge in [-0.3, -0.25) is 0 Å². The van der Waals surface area contributed by atoms with E-state index in [0.717, 1.165) is 11.8 Å². The highest BCUT2D eigenvalue weighted by atomic mass is 32.1. The van der Waals surface area contributed by atoms with Crippen LogP contribution in [0.4, 0.5) is 0 Å². The molecule has 1 nitrogen and oxygen atoms in total. The zero-order chi connectivity index (χ0) is 8.60. The summed E-state index contributed by atoms with van der Waals surface area (Å²) in [5, 5.41) is 0. The van der Waals surface area contributed by atoms with E-state index < -0.39 is 0 Å². The lowest BCUT2D eigenvalue weighted by Gasteiger charge is -2.43. The molecule has 2 rings (SSSR count). The van der Waals surface area contributed by atoms with Crippen molar-refractivity contribution in [3.8, 4) is 0 Å². The third-order valence-corrected chi connectivity index (χ3v) is 3.99. The van der Waals surface area contributed by atoms with Gasteiger partial charge in [-0.05, 0) is 50.9 Å². The van der Waals surface area contributed by atoms with Crippen molar-refractivity contribution in [2.75, 3.05) is 0 Å². The van der Waals surface area contributed by atoms with E-state index in [1.165, 1.54) is 38.5 Å². The Morgan fingerprint density at radius 3 is 2.33 bits per heavy atom. The quantitative estimate of drug-likeness (QED) is 0.489. The maximum Gasteiger partial charge on any atom is 0.0803 e. The molecule has 0 saturated heterocycles. The molecule has 2 unspecified atom stereocenters. The van der Waals surface area contributed by atoms with Crippen LogP contribution in [0.3, 0.4) is 0 Å². The highest BCUT2D eigenvalue weighted by Gasteiger charge is 2.39. The lowest BCUT2D eigenvalue weighted by Crippen LogP contribution is -2.39. The predicted molar refractivity (Wildman–Crippen MR) is 53.2 cm³/mol. The second-order valence-electron chi connectivity index (χ2n) is 4.85.